The molecule has 1 aromatic rings. The lowest BCUT2D eigenvalue weighted by molar-refractivity contribution is -0.118. The molecule has 1 saturated carbocycles. The molecule has 25 heavy (non-hydrogen) atoms. The van der Waals surface area contributed by atoms with E-state index < -0.39 is 0 Å². The van der Waals surface area contributed by atoms with Crippen molar-refractivity contribution in [2.45, 2.75) is 38.6 Å². The first-order chi connectivity index (χ1) is 11.8. The molecule has 0 unspecified atom stereocenters. The highest BCUT2D eigenvalue weighted by Crippen LogP contribution is 2.23. The van der Waals surface area contributed by atoms with Gasteiger partial charge in [-0.3, -0.25) is 14.5 Å². The third-order valence-corrected chi connectivity index (χ3v) is 4.60. The maximum Gasteiger partial charge on any atom is 0.238 e. The van der Waals surface area contributed by atoms with E-state index in [9.17, 15) is 9.59 Å². The smallest absolute Gasteiger partial charge is 0.238 e. The van der Waals surface area contributed by atoms with E-state index in [1.807, 2.05) is 51.2 Å². The van der Waals surface area contributed by atoms with E-state index in [1.54, 1.807) is 0 Å². The minimum Gasteiger partial charge on any atom is -0.325 e. The Hall–Kier alpha value is -1.92. The van der Waals surface area contributed by atoms with E-state index in [2.05, 4.69) is 15.5 Å². The predicted octanol–water partition coefficient (Wildman–Crippen LogP) is 2.31. The van der Waals surface area contributed by atoms with Crippen LogP contribution < -0.4 is 10.6 Å². The zero-order valence-electron chi connectivity index (χ0n) is 15.8. The number of hydrogen-bond acceptors (Lipinski definition) is 4. The lowest BCUT2D eigenvalue weighted by atomic mass is 10.1. The van der Waals surface area contributed by atoms with Gasteiger partial charge in [-0.05, 0) is 58.6 Å². The molecular weight excluding hydrogens is 316 g/mol. The number of aryl methyl sites for hydroxylation is 1. The molecule has 0 atom stereocenters. The lowest BCUT2D eigenvalue weighted by Crippen LogP contribution is -2.36. The van der Waals surface area contributed by atoms with Crippen LogP contribution in [0.3, 0.4) is 0 Å². The van der Waals surface area contributed by atoms with E-state index in [0.29, 0.717) is 24.8 Å². The highest BCUT2D eigenvalue weighted by atomic mass is 16.2. The normalized spacial score (nSPS) is 15.0. The summed E-state index contributed by atoms with van der Waals surface area (Å²) in [5.41, 5.74) is 2.41. The summed E-state index contributed by atoms with van der Waals surface area (Å²) in [6.45, 7) is 2.66. The zero-order valence-corrected chi connectivity index (χ0v) is 15.8. The molecule has 2 N–H and O–H groups in total. The summed E-state index contributed by atoms with van der Waals surface area (Å²) < 4.78 is 0. The average molecular weight is 346 g/mol. The summed E-state index contributed by atoms with van der Waals surface area (Å²) >= 11 is 0. The third-order valence-electron chi connectivity index (χ3n) is 4.60. The molecule has 0 saturated heterocycles. The number of anilines is 2. The minimum absolute atomic E-state index is 0.0192. The van der Waals surface area contributed by atoms with Crippen LogP contribution in [0.4, 0.5) is 11.4 Å². The summed E-state index contributed by atoms with van der Waals surface area (Å²) in [6.07, 6.45) is 4.86. The SMILES string of the molecule is Cc1ccc(NC(=O)CN(C)C)cc1NC(=O)CN(C)C1CCCC1. The monoisotopic (exact) mass is 346 g/mol. The molecular formula is C19H30N4O2. The number of amides is 2. The molecule has 0 aromatic heterocycles. The molecule has 1 fully saturated rings. The fraction of sp³-hybridized carbons (Fsp3) is 0.579. The first-order valence-electron chi connectivity index (χ1n) is 8.90. The van der Waals surface area contributed by atoms with Gasteiger partial charge in [0.2, 0.25) is 11.8 Å². The van der Waals surface area contributed by atoms with Crippen molar-refractivity contribution in [2.75, 3.05) is 44.9 Å². The van der Waals surface area contributed by atoms with Gasteiger partial charge in [-0.25, -0.2) is 0 Å². The van der Waals surface area contributed by atoms with Gasteiger partial charge in [0.15, 0.2) is 0 Å². The van der Waals surface area contributed by atoms with Crippen LogP contribution in [0.5, 0.6) is 0 Å². The van der Waals surface area contributed by atoms with Crippen molar-refractivity contribution in [3.05, 3.63) is 23.8 Å². The number of hydrogen-bond donors (Lipinski definition) is 2. The van der Waals surface area contributed by atoms with E-state index >= 15 is 0 Å². The quantitative estimate of drug-likeness (QED) is 0.795. The summed E-state index contributed by atoms with van der Waals surface area (Å²) in [5.74, 6) is -0.0960. The van der Waals surface area contributed by atoms with E-state index in [1.165, 1.54) is 25.7 Å². The number of likely N-dealkylation sites (N-methyl/N-ethyl adjacent to an activating group) is 2. The Balaban J connectivity index is 1.94. The van der Waals surface area contributed by atoms with Crippen LogP contribution in [0.2, 0.25) is 0 Å². The summed E-state index contributed by atoms with van der Waals surface area (Å²) in [6, 6.07) is 6.09. The van der Waals surface area contributed by atoms with E-state index in [4.69, 9.17) is 0 Å². The second kappa shape index (κ2) is 8.97. The van der Waals surface area contributed by atoms with Crippen molar-refractivity contribution in [3.63, 3.8) is 0 Å². The van der Waals surface area contributed by atoms with Gasteiger partial charge < -0.3 is 15.5 Å². The fourth-order valence-electron chi connectivity index (χ4n) is 3.21. The lowest BCUT2D eigenvalue weighted by Gasteiger charge is -2.23. The molecule has 6 nitrogen and oxygen atoms in total. The van der Waals surface area contributed by atoms with Gasteiger partial charge in [0, 0.05) is 17.4 Å². The van der Waals surface area contributed by atoms with Gasteiger partial charge in [0.25, 0.3) is 0 Å². The summed E-state index contributed by atoms with van der Waals surface area (Å²) in [5, 5.41) is 5.83. The van der Waals surface area contributed by atoms with Crippen molar-refractivity contribution in [3.8, 4) is 0 Å². The van der Waals surface area contributed by atoms with Crippen molar-refractivity contribution < 1.29 is 9.59 Å². The number of benzene rings is 1. The van der Waals surface area contributed by atoms with Crippen molar-refractivity contribution >= 4 is 23.2 Å². The molecule has 2 amide bonds. The topological polar surface area (TPSA) is 64.7 Å². The van der Waals surface area contributed by atoms with Crippen LogP contribution in [-0.4, -0.2) is 61.9 Å². The van der Waals surface area contributed by atoms with E-state index in [-0.39, 0.29) is 11.8 Å². The number of carbonyl (C=O) groups excluding carboxylic acids is 2. The maximum atomic E-state index is 12.4. The predicted molar refractivity (Wildman–Crippen MR) is 102 cm³/mol. The maximum absolute atomic E-state index is 12.4. The molecule has 2 rings (SSSR count). The molecule has 1 aliphatic rings. The first-order valence-corrected chi connectivity index (χ1v) is 8.90. The Morgan fingerprint density at radius 1 is 1.04 bits per heavy atom. The number of rotatable bonds is 7. The van der Waals surface area contributed by atoms with Crippen LogP contribution >= 0.6 is 0 Å². The summed E-state index contributed by atoms with van der Waals surface area (Å²) in [7, 11) is 5.71. The number of nitrogens with zero attached hydrogens (tertiary/aromatic N) is 2. The van der Waals surface area contributed by atoms with Gasteiger partial charge in [-0.2, -0.15) is 0 Å². The fourth-order valence-corrected chi connectivity index (χ4v) is 3.21. The number of nitrogens with one attached hydrogen (secondary N) is 2. The molecule has 0 radical (unpaired) electrons. The molecule has 6 heteroatoms. The standard InChI is InChI=1S/C19H30N4O2/c1-14-9-10-15(20-18(24)12-22(2)3)11-17(14)21-19(25)13-23(4)16-7-5-6-8-16/h9-11,16H,5-8,12-13H2,1-4H3,(H,20,24)(H,21,25). The van der Waals surface area contributed by atoms with Gasteiger partial charge in [0.1, 0.15) is 0 Å². The Kier molecular flexibility index (Phi) is 6.96. The second-order valence-electron chi connectivity index (χ2n) is 7.22. The average Bonchev–Trinajstić information content (AvgIpc) is 3.04. The second-order valence-corrected chi connectivity index (χ2v) is 7.22. The molecule has 0 heterocycles. The van der Waals surface area contributed by atoms with Crippen LogP contribution in [0.1, 0.15) is 31.2 Å². The largest absolute Gasteiger partial charge is 0.325 e. The van der Waals surface area contributed by atoms with Crippen LogP contribution in [0.25, 0.3) is 0 Å². The van der Waals surface area contributed by atoms with Gasteiger partial charge >= 0.3 is 0 Å². The molecule has 138 valence electrons. The van der Waals surface area contributed by atoms with Gasteiger partial charge in [-0.15, -0.1) is 0 Å². The molecule has 0 bridgehead atoms. The van der Waals surface area contributed by atoms with Gasteiger partial charge in [-0.1, -0.05) is 18.9 Å². The highest BCUT2D eigenvalue weighted by molar-refractivity contribution is 5.96. The van der Waals surface area contributed by atoms with Crippen molar-refractivity contribution in [1.29, 1.82) is 0 Å². The molecule has 0 spiro atoms. The van der Waals surface area contributed by atoms with Crippen LogP contribution in [0.15, 0.2) is 18.2 Å². The third kappa shape index (κ3) is 6.14. The van der Waals surface area contributed by atoms with Crippen molar-refractivity contribution in [1.82, 2.24) is 9.80 Å². The Morgan fingerprint density at radius 2 is 1.68 bits per heavy atom. The molecule has 0 aliphatic heterocycles. The Labute approximate surface area is 150 Å². The zero-order chi connectivity index (χ0) is 18.4. The Bertz CT molecular complexity index is 609. The minimum atomic E-state index is -0.0768. The highest BCUT2D eigenvalue weighted by Gasteiger charge is 2.21. The number of carbonyl (C=O) groups is 2. The van der Waals surface area contributed by atoms with Crippen LogP contribution in [-0.2, 0) is 9.59 Å². The van der Waals surface area contributed by atoms with Gasteiger partial charge in [0.05, 0.1) is 13.1 Å². The van der Waals surface area contributed by atoms with Crippen LogP contribution in [0, 0.1) is 6.92 Å². The van der Waals surface area contributed by atoms with Crippen molar-refractivity contribution in [2.24, 2.45) is 0 Å². The molecule has 1 aromatic carbocycles. The Morgan fingerprint density at radius 3 is 2.32 bits per heavy atom. The molecule has 1 aliphatic carbocycles. The summed E-state index contributed by atoms with van der Waals surface area (Å²) in [4.78, 5) is 28.2. The first kappa shape index (κ1) is 19.4. The van der Waals surface area contributed by atoms with E-state index in [0.717, 1.165) is 11.3 Å².